The van der Waals surface area contributed by atoms with E-state index >= 15 is 0 Å². The highest BCUT2D eigenvalue weighted by molar-refractivity contribution is 5.97. The molecular formula is C21H23N3O2. The normalized spacial score (nSPS) is 15.0. The second-order valence-electron chi connectivity index (χ2n) is 6.45. The largest absolute Gasteiger partial charge is 0.481 e. The summed E-state index contributed by atoms with van der Waals surface area (Å²) in [6, 6.07) is 16.7. The highest BCUT2D eigenvalue weighted by atomic mass is 16.5. The Morgan fingerprint density at radius 2 is 1.81 bits per heavy atom. The third kappa shape index (κ3) is 4.34. The van der Waals surface area contributed by atoms with E-state index in [1.54, 1.807) is 31.2 Å². The first-order chi connectivity index (χ1) is 12.7. The quantitative estimate of drug-likeness (QED) is 0.887. The van der Waals surface area contributed by atoms with E-state index in [0.29, 0.717) is 11.3 Å². The summed E-state index contributed by atoms with van der Waals surface area (Å²) in [5.41, 5.74) is 2.44. The van der Waals surface area contributed by atoms with Crippen LogP contribution >= 0.6 is 0 Å². The predicted octanol–water partition coefficient (Wildman–Crippen LogP) is 3.95. The lowest BCUT2D eigenvalue weighted by atomic mass is 10.1. The lowest BCUT2D eigenvalue weighted by Gasteiger charge is -2.30. The first-order valence-electron chi connectivity index (χ1n) is 8.99. The van der Waals surface area contributed by atoms with Gasteiger partial charge in [-0.3, -0.25) is 4.79 Å². The molecule has 26 heavy (non-hydrogen) atoms. The van der Waals surface area contributed by atoms with Crippen LogP contribution < -0.4 is 15.0 Å². The van der Waals surface area contributed by atoms with Crippen LogP contribution in [0.4, 0.5) is 11.4 Å². The number of piperidine rings is 1. The molecule has 0 aromatic heterocycles. The zero-order valence-corrected chi connectivity index (χ0v) is 14.9. The maximum atomic E-state index is 12.6. The molecule has 3 rings (SSSR count). The molecule has 1 saturated heterocycles. The average molecular weight is 349 g/mol. The zero-order valence-electron chi connectivity index (χ0n) is 14.9. The van der Waals surface area contributed by atoms with Gasteiger partial charge in [-0.1, -0.05) is 12.1 Å². The number of nitriles is 1. The van der Waals surface area contributed by atoms with Crippen LogP contribution in [0.2, 0.25) is 0 Å². The summed E-state index contributed by atoms with van der Waals surface area (Å²) in [7, 11) is 0. The minimum Gasteiger partial charge on any atom is -0.481 e. The molecule has 1 N–H and O–H groups in total. The lowest BCUT2D eigenvalue weighted by molar-refractivity contribution is -0.122. The van der Waals surface area contributed by atoms with Crippen LogP contribution in [-0.4, -0.2) is 25.1 Å². The third-order valence-electron chi connectivity index (χ3n) is 4.52. The molecule has 1 fully saturated rings. The van der Waals surface area contributed by atoms with Crippen molar-refractivity contribution in [1.29, 1.82) is 5.26 Å². The second-order valence-corrected chi connectivity index (χ2v) is 6.45. The highest BCUT2D eigenvalue weighted by Gasteiger charge is 2.19. The Morgan fingerprint density at radius 1 is 1.12 bits per heavy atom. The molecule has 1 unspecified atom stereocenters. The van der Waals surface area contributed by atoms with E-state index in [-0.39, 0.29) is 5.91 Å². The van der Waals surface area contributed by atoms with Crippen molar-refractivity contribution in [2.24, 2.45) is 0 Å². The number of hydrogen-bond acceptors (Lipinski definition) is 4. The number of hydrogen-bond donors (Lipinski definition) is 1. The Balaban J connectivity index is 1.66. The lowest BCUT2D eigenvalue weighted by Crippen LogP contribution is -2.33. The number of anilines is 2. The smallest absolute Gasteiger partial charge is 0.265 e. The summed E-state index contributed by atoms with van der Waals surface area (Å²) in [5.74, 6) is 0.370. The minimum absolute atomic E-state index is 0.196. The van der Waals surface area contributed by atoms with E-state index in [4.69, 9.17) is 10.00 Å². The van der Waals surface area contributed by atoms with Gasteiger partial charge in [-0.25, -0.2) is 0 Å². The maximum absolute atomic E-state index is 12.6. The van der Waals surface area contributed by atoms with Crippen molar-refractivity contribution < 1.29 is 9.53 Å². The molecule has 5 nitrogen and oxygen atoms in total. The van der Waals surface area contributed by atoms with Crippen LogP contribution in [0, 0.1) is 11.3 Å². The second kappa shape index (κ2) is 8.39. The summed E-state index contributed by atoms with van der Waals surface area (Å²) in [4.78, 5) is 14.9. The number of benzene rings is 2. The zero-order chi connectivity index (χ0) is 18.4. The number of carbonyl (C=O) groups excluding carboxylic acids is 1. The molecule has 134 valence electrons. The number of para-hydroxylation sites is 2. The molecule has 0 spiro atoms. The Labute approximate surface area is 154 Å². The van der Waals surface area contributed by atoms with Crippen molar-refractivity contribution in [2.45, 2.75) is 32.3 Å². The Kier molecular flexibility index (Phi) is 5.75. The van der Waals surface area contributed by atoms with E-state index in [1.807, 2.05) is 24.3 Å². The summed E-state index contributed by atoms with van der Waals surface area (Å²) in [6.07, 6.45) is 2.99. The van der Waals surface area contributed by atoms with Gasteiger partial charge in [-0.2, -0.15) is 5.26 Å². The van der Waals surface area contributed by atoms with Crippen molar-refractivity contribution in [2.75, 3.05) is 23.3 Å². The molecule has 0 saturated carbocycles. The van der Waals surface area contributed by atoms with E-state index in [9.17, 15) is 4.79 Å². The molecule has 2 aromatic rings. The van der Waals surface area contributed by atoms with Gasteiger partial charge >= 0.3 is 0 Å². The van der Waals surface area contributed by atoms with Crippen LogP contribution in [0.5, 0.6) is 5.75 Å². The Bertz CT molecular complexity index is 790. The number of rotatable bonds is 5. The average Bonchev–Trinajstić information content (AvgIpc) is 2.69. The van der Waals surface area contributed by atoms with Gasteiger partial charge in [-0.05, 0) is 62.6 Å². The van der Waals surface area contributed by atoms with Crippen molar-refractivity contribution in [1.82, 2.24) is 0 Å². The van der Waals surface area contributed by atoms with Gasteiger partial charge in [0.15, 0.2) is 6.10 Å². The third-order valence-corrected chi connectivity index (χ3v) is 4.52. The molecule has 1 heterocycles. The van der Waals surface area contributed by atoms with Crippen LogP contribution in [-0.2, 0) is 4.79 Å². The maximum Gasteiger partial charge on any atom is 0.265 e. The van der Waals surface area contributed by atoms with Crippen LogP contribution in [0.25, 0.3) is 0 Å². The minimum atomic E-state index is -0.641. The van der Waals surface area contributed by atoms with Crippen LogP contribution in [0.15, 0.2) is 48.5 Å². The van der Waals surface area contributed by atoms with Gasteiger partial charge in [-0.15, -0.1) is 0 Å². The molecular weight excluding hydrogens is 326 g/mol. The fourth-order valence-electron chi connectivity index (χ4n) is 3.09. The number of nitrogens with one attached hydrogen (secondary N) is 1. The monoisotopic (exact) mass is 349 g/mol. The number of amides is 1. The summed E-state index contributed by atoms with van der Waals surface area (Å²) in [6.45, 7) is 3.76. The fraction of sp³-hybridized carbons (Fsp3) is 0.333. The van der Waals surface area contributed by atoms with E-state index in [0.717, 1.165) is 24.5 Å². The Hall–Kier alpha value is -3.00. The number of ether oxygens (including phenoxy) is 1. The SMILES string of the molecule is CC(Oc1ccc(C#N)cc1)C(=O)Nc1ccccc1N1CCCCC1. The molecule has 1 aliphatic heterocycles. The number of nitrogens with zero attached hydrogens (tertiary/aromatic N) is 2. The van der Waals surface area contributed by atoms with Crippen molar-refractivity contribution in [3.63, 3.8) is 0 Å². The molecule has 1 aliphatic rings. The Morgan fingerprint density at radius 3 is 2.50 bits per heavy atom. The van der Waals surface area contributed by atoms with Crippen LogP contribution in [0.1, 0.15) is 31.7 Å². The fourth-order valence-corrected chi connectivity index (χ4v) is 3.09. The first kappa shape index (κ1) is 17.8. The van der Waals surface area contributed by atoms with Gasteiger partial charge in [0.1, 0.15) is 5.75 Å². The van der Waals surface area contributed by atoms with E-state index in [1.165, 1.54) is 19.3 Å². The summed E-state index contributed by atoms with van der Waals surface area (Å²) in [5, 5.41) is 11.8. The van der Waals surface area contributed by atoms with Crippen molar-refractivity contribution in [3.8, 4) is 11.8 Å². The van der Waals surface area contributed by atoms with Crippen LogP contribution in [0.3, 0.4) is 0 Å². The van der Waals surface area contributed by atoms with Crippen molar-refractivity contribution in [3.05, 3.63) is 54.1 Å². The predicted molar refractivity (Wildman–Crippen MR) is 102 cm³/mol. The molecule has 0 aliphatic carbocycles. The molecule has 0 radical (unpaired) electrons. The standard InChI is InChI=1S/C21H23N3O2/c1-16(26-18-11-9-17(15-22)10-12-18)21(25)23-19-7-3-4-8-20(19)24-13-5-2-6-14-24/h3-4,7-12,16H,2,5-6,13-14H2,1H3,(H,23,25). The van der Waals surface area contributed by atoms with Gasteiger partial charge in [0.05, 0.1) is 23.0 Å². The first-order valence-corrected chi connectivity index (χ1v) is 8.99. The molecule has 1 atom stereocenters. The van der Waals surface area contributed by atoms with Gasteiger partial charge in [0.25, 0.3) is 5.91 Å². The van der Waals surface area contributed by atoms with Gasteiger partial charge in [0.2, 0.25) is 0 Å². The summed E-state index contributed by atoms with van der Waals surface area (Å²) < 4.78 is 5.70. The number of carbonyl (C=O) groups is 1. The highest BCUT2D eigenvalue weighted by Crippen LogP contribution is 2.28. The van der Waals surface area contributed by atoms with E-state index in [2.05, 4.69) is 16.3 Å². The summed E-state index contributed by atoms with van der Waals surface area (Å²) >= 11 is 0. The topological polar surface area (TPSA) is 65.4 Å². The molecule has 5 heteroatoms. The van der Waals surface area contributed by atoms with Crippen molar-refractivity contribution >= 4 is 17.3 Å². The molecule has 0 bridgehead atoms. The molecule has 1 amide bonds. The van der Waals surface area contributed by atoms with Gasteiger partial charge < -0.3 is 15.0 Å². The molecule has 2 aromatic carbocycles. The van der Waals surface area contributed by atoms with E-state index < -0.39 is 6.10 Å². The van der Waals surface area contributed by atoms with Gasteiger partial charge in [0, 0.05) is 13.1 Å².